The molecule has 2 N–H and O–H groups in total. The van der Waals surface area contributed by atoms with Crippen LogP contribution in [0.2, 0.25) is 0 Å². The summed E-state index contributed by atoms with van der Waals surface area (Å²) in [5, 5.41) is 6.44. The van der Waals surface area contributed by atoms with Crippen LogP contribution in [0.5, 0.6) is 11.5 Å². The van der Waals surface area contributed by atoms with E-state index in [2.05, 4.69) is 31.6 Å². The molecule has 0 spiro atoms. The van der Waals surface area contributed by atoms with E-state index in [0.717, 1.165) is 15.8 Å². The van der Waals surface area contributed by atoms with Crippen molar-refractivity contribution in [3.05, 3.63) is 46.3 Å². The van der Waals surface area contributed by atoms with Crippen LogP contribution in [0, 0.1) is 0 Å². The lowest BCUT2D eigenvalue weighted by Crippen LogP contribution is -2.36. The predicted octanol–water partition coefficient (Wildman–Crippen LogP) is 3.54. The third-order valence-corrected chi connectivity index (χ3v) is 3.97. The highest BCUT2D eigenvalue weighted by molar-refractivity contribution is 14.0. The second-order valence-electron chi connectivity index (χ2n) is 4.66. The van der Waals surface area contributed by atoms with Crippen LogP contribution in [-0.4, -0.2) is 27.2 Å². The van der Waals surface area contributed by atoms with Crippen molar-refractivity contribution in [1.82, 2.24) is 10.6 Å². The Hall–Kier alpha value is -1.42. The number of hydrogen-bond acceptors (Lipinski definition) is 4. The highest BCUT2D eigenvalue weighted by Gasteiger charge is 2.10. The van der Waals surface area contributed by atoms with Gasteiger partial charge in [-0.25, -0.2) is 0 Å². The van der Waals surface area contributed by atoms with E-state index in [1.807, 2.05) is 24.3 Å². The Balaban J connectivity index is 0.00000288. The van der Waals surface area contributed by atoms with Crippen molar-refractivity contribution in [2.75, 3.05) is 21.3 Å². The van der Waals surface area contributed by atoms with Crippen molar-refractivity contribution in [3.63, 3.8) is 0 Å². The number of ether oxygens (including phenoxy) is 2. The molecule has 6 nitrogen and oxygen atoms in total. The molecule has 0 saturated heterocycles. The summed E-state index contributed by atoms with van der Waals surface area (Å²) in [6.45, 7) is 1.15. The van der Waals surface area contributed by atoms with E-state index in [0.29, 0.717) is 30.5 Å². The number of methoxy groups -OCH3 is 2. The molecule has 8 heteroatoms. The van der Waals surface area contributed by atoms with Gasteiger partial charge >= 0.3 is 0 Å². The third kappa shape index (κ3) is 5.59. The minimum Gasteiger partial charge on any atom is -0.493 e. The maximum Gasteiger partial charge on any atom is 0.191 e. The number of furan rings is 1. The first-order valence-electron chi connectivity index (χ1n) is 7.05. The lowest BCUT2D eigenvalue weighted by atomic mass is 10.2. The molecular weight excluding hydrogens is 489 g/mol. The monoisotopic (exact) mass is 509 g/mol. The molecule has 1 heterocycles. The van der Waals surface area contributed by atoms with Crippen molar-refractivity contribution in [1.29, 1.82) is 0 Å². The molecule has 0 bridgehead atoms. The zero-order valence-corrected chi connectivity index (χ0v) is 17.7. The average Bonchev–Trinajstić information content (AvgIpc) is 3.09. The van der Waals surface area contributed by atoms with Crippen LogP contribution in [0.4, 0.5) is 0 Å². The van der Waals surface area contributed by atoms with Crippen molar-refractivity contribution in [3.8, 4) is 11.5 Å². The molecule has 0 radical (unpaired) electrons. The first kappa shape index (κ1) is 20.6. The molecule has 2 rings (SSSR count). The molecule has 2 aromatic rings. The lowest BCUT2D eigenvalue weighted by molar-refractivity contribution is 0.354. The van der Waals surface area contributed by atoms with Crippen molar-refractivity contribution >= 4 is 45.9 Å². The van der Waals surface area contributed by atoms with Crippen molar-refractivity contribution in [2.24, 2.45) is 4.99 Å². The normalized spacial score (nSPS) is 10.8. The van der Waals surface area contributed by atoms with Gasteiger partial charge in [-0.15, -0.1) is 24.0 Å². The summed E-state index contributed by atoms with van der Waals surface area (Å²) in [4.78, 5) is 4.19. The Morgan fingerprint density at radius 1 is 1.17 bits per heavy atom. The first-order valence-corrected chi connectivity index (χ1v) is 7.84. The molecule has 132 valence electrons. The quantitative estimate of drug-likeness (QED) is 0.354. The van der Waals surface area contributed by atoms with E-state index in [-0.39, 0.29) is 24.0 Å². The van der Waals surface area contributed by atoms with Crippen molar-refractivity contribution in [2.45, 2.75) is 13.1 Å². The molecule has 0 amide bonds. The number of aliphatic imine (C=N–C) groups is 1. The number of hydrogen-bond donors (Lipinski definition) is 2. The fourth-order valence-electron chi connectivity index (χ4n) is 2.02. The number of guanidine groups is 1. The van der Waals surface area contributed by atoms with Gasteiger partial charge in [-0.3, -0.25) is 4.99 Å². The van der Waals surface area contributed by atoms with E-state index in [9.17, 15) is 0 Å². The Morgan fingerprint density at radius 3 is 2.42 bits per heavy atom. The summed E-state index contributed by atoms with van der Waals surface area (Å²) in [5.74, 6) is 2.90. The second kappa shape index (κ2) is 10.4. The number of nitrogens with zero attached hydrogens (tertiary/aromatic N) is 1. The molecule has 0 saturated carbocycles. The molecule has 24 heavy (non-hydrogen) atoms. The van der Waals surface area contributed by atoms with Crippen LogP contribution in [-0.2, 0) is 13.1 Å². The van der Waals surface area contributed by atoms with Gasteiger partial charge in [-0.2, -0.15) is 0 Å². The Kier molecular flexibility index (Phi) is 8.98. The zero-order valence-electron chi connectivity index (χ0n) is 13.8. The van der Waals surface area contributed by atoms with Gasteiger partial charge in [0.1, 0.15) is 5.76 Å². The van der Waals surface area contributed by atoms with Gasteiger partial charge in [-0.05, 0) is 29.8 Å². The number of nitrogens with one attached hydrogen (secondary N) is 2. The largest absolute Gasteiger partial charge is 0.493 e. The maximum atomic E-state index is 5.33. The standard InChI is InChI=1S/C16H20BrN3O3.HI/c1-18-16(20-10-12-5-4-6-23-12)19-9-11-7-14(21-2)15(22-3)8-13(11)17;/h4-8H,9-10H2,1-3H3,(H2,18,19,20);1H. The van der Waals surface area contributed by atoms with Crippen LogP contribution in [0.1, 0.15) is 11.3 Å². The number of rotatable bonds is 6. The summed E-state index contributed by atoms with van der Waals surface area (Å²) >= 11 is 3.54. The van der Waals surface area contributed by atoms with Crippen LogP contribution in [0.3, 0.4) is 0 Å². The van der Waals surface area contributed by atoms with Crippen LogP contribution in [0.15, 0.2) is 44.4 Å². The molecule has 0 aliphatic heterocycles. The molecule has 0 aliphatic rings. The van der Waals surface area contributed by atoms with E-state index < -0.39 is 0 Å². The Labute approximate surface area is 167 Å². The van der Waals surface area contributed by atoms with Gasteiger partial charge in [0.2, 0.25) is 0 Å². The highest BCUT2D eigenvalue weighted by Crippen LogP contribution is 2.33. The summed E-state index contributed by atoms with van der Waals surface area (Å²) in [6, 6.07) is 7.57. The number of benzene rings is 1. The first-order chi connectivity index (χ1) is 11.2. The van der Waals surface area contributed by atoms with E-state index in [1.165, 1.54) is 0 Å². The predicted molar refractivity (Wildman–Crippen MR) is 108 cm³/mol. The molecule has 1 aromatic heterocycles. The molecular formula is C16H21BrIN3O3. The zero-order chi connectivity index (χ0) is 16.7. The van der Waals surface area contributed by atoms with Gasteiger partial charge < -0.3 is 24.5 Å². The fourth-order valence-corrected chi connectivity index (χ4v) is 2.48. The maximum absolute atomic E-state index is 5.33. The second-order valence-corrected chi connectivity index (χ2v) is 5.51. The van der Waals surface area contributed by atoms with Gasteiger partial charge in [0.25, 0.3) is 0 Å². The van der Waals surface area contributed by atoms with Gasteiger partial charge in [-0.1, -0.05) is 15.9 Å². The molecule has 0 atom stereocenters. The van der Waals surface area contributed by atoms with Gasteiger partial charge in [0.05, 0.1) is 27.0 Å². The fraction of sp³-hybridized carbons (Fsp3) is 0.312. The Bertz CT molecular complexity index is 663. The van der Waals surface area contributed by atoms with Crippen molar-refractivity contribution < 1.29 is 13.9 Å². The molecule has 0 unspecified atom stereocenters. The SMILES string of the molecule is CN=C(NCc1ccco1)NCc1cc(OC)c(OC)cc1Br.I. The van der Waals surface area contributed by atoms with E-state index in [1.54, 1.807) is 27.5 Å². The minimum atomic E-state index is 0. The summed E-state index contributed by atoms with van der Waals surface area (Å²) in [6.07, 6.45) is 1.65. The van der Waals surface area contributed by atoms with Crippen LogP contribution < -0.4 is 20.1 Å². The molecule has 1 aromatic carbocycles. The van der Waals surface area contributed by atoms with Gasteiger partial charge in [0.15, 0.2) is 17.5 Å². The summed E-state index contributed by atoms with van der Waals surface area (Å²) < 4.78 is 16.8. The van der Waals surface area contributed by atoms with Crippen LogP contribution >= 0.6 is 39.9 Å². The summed E-state index contributed by atoms with van der Waals surface area (Å²) in [7, 11) is 4.95. The molecule has 0 fully saturated rings. The van der Waals surface area contributed by atoms with E-state index in [4.69, 9.17) is 13.9 Å². The number of halogens is 2. The van der Waals surface area contributed by atoms with Gasteiger partial charge in [0, 0.05) is 18.1 Å². The van der Waals surface area contributed by atoms with E-state index >= 15 is 0 Å². The smallest absolute Gasteiger partial charge is 0.191 e. The topological polar surface area (TPSA) is 68.0 Å². The third-order valence-electron chi connectivity index (χ3n) is 3.23. The summed E-state index contributed by atoms with van der Waals surface area (Å²) in [5.41, 5.74) is 1.03. The highest BCUT2D eigenvalue weighted by atomic mass is 127. The lowest BCUT2D eigenvalue weighted by Gasteiger charge is -2.14. The molecule has 0 aliphatic carbocycles. The Morgan fingerprint density at radius 2 is 1.83 bits per heavy atom. The van der Waals surface area contributed by atoms with Crippen LogP contribution in [0.25, 0.3) is 0 Å². The average molecular weight is 510 g/mol. The minimum absolute atomic E-state index is 0.